The highest BCUT2D eigenvalue weighted by Crippen LogP contribution is 2.17. The van der Waals surface area contributed by atoms with Crippen molar-refractivity contribution >= 4 is 5.91 Å². The Balaban J connectivity index is 3.31. The van der Waals surface area contributed by atoms with Crippen molar-refractivity contribution in [1.82, 2.24) is 10.6 Å². The van der Waals surface area contributed by atoms with Crippen molar-refractivity contribution in [2.24, 2.45) is 10.8 Å². The van der Waals surface area contributed by atoms with E-state index in [4.69, 9.17) is 0 Å². The zero-order valence-corrected chi connectivity index (χ0v) is 14.6. The molecule has 3 nitrogen and oxygen atoms in total. The molecule has 0 aliphatic carbocycles. The minimum atomic E-state index is 0.0861. The van der Waals surface area contributed by atoms with Crippen LogP contribution in [-0.2, 0) is 4.79 Å². The highest BCUT2D eigenvalue weighted by Gasteiger charge is 2.15. The molecule has 0 unspecified atom stereocenters. The van der Waals surface area contributed by atoms with E-state index >= 15 is 0 Å². The van der Waals surface area contributed by atoms with Crippen molar-refractivity contribution in [2.75, 3.05) is 19.6 Å². The highest BCUT2D eigenvalue weighted by molar-refractivity contribution is 5.76. The molecule has 20 heavy (non-hydrogen) atoms. The Morgan fingerprint density at radius 1 is 0.800 bits per heavy atom. The summed E-state index contributed by atoms with van der Waals surface area (Å²) in [5, 5.41) is 6.50. The van der Waals surface area contributed by atoms with Crippen LogP contribution in [-0.4, -0.2) is 25.5 Å². The lowest BCUT2D eigenvalue weighted by Gasteiger charge is -2.18. The fraction of sp³-hybridized carbons (Fsp3) is 0.941. The van der Waals surface area contributed by atoms with Gasteiger partial charge in [0.25, 0.3) is 0 Å². The second kappa shape index (κ2) is 9.38. The van der Waals surface area contributed by atoms with Crippen LogP contribution in [0.1, 0.15) is 73.6 Å². The maximum Gasteiger partial charge on any atom is 0.220 e. The fourth-order valence-electron chi connectivity index (χ4n) is 1.96. The molecule has 0 saturated heterocycles. The van der Waals surface area contributed by atoms with Crippen molar-refractivity contribution in [2.45, 2.75) is 73.6 Å². The van der Waals surface area contributed by atoms with Crippen LogP contribution in [0.4, 0.5) is 0 Å². The summed E-state index contributed by atoms with van der Waals surface area (Å²) in [7, 11) is 0. The van der Waals surface area contributed by atoms with Gasteiger partial charge in [0.15, 0.2) is 0 Å². The Hall–Kier alpha value is -0.570. The average molecular weight is 284 g/mol. The van der Waals surface area contributed by atoms with Crippen LogP contribution in [0.5, 0.6) is 0 Å². The predicted molar refractivity (Wildman–Crippen MR) is 87.9 cm³/mol. The molecule has 0 fully saturated rings. The van der Waals surface area contributed by atoms with Gasteiger partial charge < -0.3 is 10.6 Å². The van der Waals surface area contributed by atoms with Gasteiger partial charge in [0.2, 0.25) is 5.91 Å². The lowest BCUT2D eigenvalue weighted by atomic mass is 9.92. The largest absolute Gasteiger partial charge is 0.356 e. The summed E-state index contributed by atoms with van der Waals surface area (Å²) in [4.78, 5) is 11.6. The first-order valence-electron chi connectivity index (χ1n) is 8.08. The Morgan fingerprint density at radius 2 is 1.35 bits per heavy atom. The van der Waals surface area contributed by atoms with E-state index in [0.29, 0.717) is 11.8 Å². The number of rotatable bonds is 9. The zero-order valence-electron chi connectivity index (χ0n) is 14.6. The molecular formula is C17H36N2O. The molecular weight excluding hydrogens is 248 g/mol. The van der Waals surface area contributed by atoms with Crippen LogP contribution in [0.3, 0.4) is 0 Å². The second-order valence-corrected chi connectivity index (χ2v) is 8.24. The standard InChI is InChI=1S/C17H36N2O/c1-16(2,3)13-15(20)19-12-10-8-7-9-11-18-14-17(4,5)6/h18H,7-14H2,1-6H3,(H,19,20). The molecule has 0 rings (SSSR count). The van der Waals surface area contributed by atoms with E-state index in [1.807, 2.05) is 0 Å². The molecule has 0 aliphatic rings. The zero-order chi connectivity index (χ0) is 15.6. The van der Waals surface area contributed by atoms with Crippen LogP contribution < -0.4 is 10.6 Å². The first kappa shape index (κ1) is 19.4. The topological polar surface area (TPSA) is 41.1 Å². The second-order valence-electron chi connectivity index (χ2n) is 8.24. The molecule has 0 bridgehead atoms. The van der Waals surface area contributed by atoms with E-state index in [1.165, 1.54) is 19.3 Å². The third kappa shape index (κ3) is 15.5. The number of nitrogens with one attached hydrogen (secondary N) is 2. The maximum absolute atomic E-state index is 11.6. The maximum atomic E-state index is 11.6. The number of amides is 1. The summed E-state index contributed by atoms with van der Waals surface area (Å²) in [5.41, 5.74) is 0.458. The Labute approximate surface area is 126 Å². The molecule has 0 aromatic carbocycles. The molecule has 0 saturated carbocycles. The van der Waals surface area contributed by atoms with E-state index < -0.39 is 0 Å². The van der Waals surface area contributed by atoms with Gasteiger partial charge in [-0.25, -0.2) is 0 Å². The predicted octanol–water partition coefficient (Wildman–Crippen LogP) is 3.73. The molecule has 0 aromatic heterocycles. The van der Waals surface area contributed by atoms with Gasteiger partial charge in [-0.1, -0.05) is 54.4 Å². The van der Waals surface area contributed by atoms with Crippen molar-refractivity contribution in [3.63, 3.8) is 0 Å². The van der Waals surface area contributed by atoms with Crippen LogP contribution >= 0.6 is 0 Å². The Kier molecular flexibility index (Phi) is 9.11. The molecule has 2 N–H and O–H groups in total. The summed E-state index contributed by atoms with van der Waals surface area (Å²) < 4.78 is 0. The Bertz CT molecular complexity index is 261. The first-order valence-corrected chi connectivity index (χ1v) is 8.08. The molecule has 0 radical (unpaired) electrons. The van der Waals surface area contributed by atoms with Crippen molar-refractivity contribution < 1.29 is 4.79 Å². The van der Waals surface area contributed by atoms with E-state index in [-0.39, 0.29) is 11.3 Å². The summed E-state index contributed by atoms with van der Waals surface area (Å²) in [6.45, 7) is 16.0. The van der Waals surface area contributed by atoms with Crippen LogP contribution in [0.2, 0.25) is 0 Å². The third-order valence-corrected chi connectivity index (χ3v) is 2.95. The first-order chi connectivity index (χ1) is 9.10. The average Bonchev–Trinajstić information content (AvgIpc) is 2.22. The number of unbranched alkanes of at least 4 members (excludes halogenated alkanes) is 3. The third-order valence-electron chi connectivity index (χ3n) is 2.95. The van der Waals surface area contributed by atoms with E-state index in [9.17, 15) is 4.79 Å². The van der Waals surface area contributed by atoms with Gasteiger partial charge in [0.1, 0.15) is 0 Å². The van der Waals surface area contributed by atoms with Crippen molar-refractivity contribution in [1.29, 1.82) is 0 Å². The molecule has 0 atom stereocenters. The number of carbonyl (C=O) groups is 1. The van der Waals surface area contributed by atoms with Gasteiger partial charge in [-0.2, -0.15) is 0 Å². The van der Waals surface area contributed by atoms with Gasteiger partial charge in [-0.05, 0) is 36.8 Å². The SMILES string of the molecule is CC(C)(C)CNCCCCCCNC(=O)CC(C)(C)C. The van der Waals surface area contributed by atoms with E-state index in [0.717, 1.165) is 26.1 Å². The summed E-state index contributed by atoms with van der Waals surface area (Å²) in [6, 6.07) is 0. The monoisotopic (exact) mass is 284 g/mol. The van der Waals surface area contributed by atoms with Crippen molar-refractivity contribution in [3.8, 4) is 0 Å². The molecule has 3 heteroatoms. The van der Waals surface area contributed by atoms with Gasteiger partial charge in [0, 0.05) is 13.0 Å². The molecule has 120 valence electrons. The van der Waals surface area contributed by atoms with Gasteiger partial charge in [-0.3, -0.25) is 4.79 Å². The minimum Gasteiger partial charge on any atom is -0.356 e. The minimum absolute atomic E-state index is 0.0861. The number of hydrogen-bond donors (Lipinski definition) is 2. The summed E-state index contributed by atoms with van der Waals surface area (Å²) in [6.07, 6.45) is 5.38. The Morgan fingerprint density at radius 3 is 1.85 bits per heavy atom. The smallest absolute Gasteiger partial charge is 0.220 e. The van der Waals surface area contributed by atoms with Gasteiger partial charge in [0.05, 0.1) is 0 Å². The van der Waals surface area contributed by atoms with Crippen molar-refractivity contribution in [3.05, 3.63) is 0 Å². The summed E-state index contributed by atoms with van der Waals surface area (Å²) >= 11 is 0. The summed E-state index contributed by atoms with van der Waals surface area (Å²) in [5.74, 6) is 0.185. The lowest BCUT2D eigenvalue weighted by molar-refractivity contribution is -0.122. The van der Waals surface area contributed by atoms with Crippen LogP contribution in [0.15, 0.2) is 0 Å². The van der Waals surface area contributed by atoms with Gasteiger partial charge in [-0.15, -0.1) is 0 Å². The number of carbonyl (C=O) groups excluding carboxylic acids is 1. The van der Waals surface area contributed by atoms with E-state index in [2.05, 4.69) is 52.2 Å². The number of hydrogen-bond acceptors (Lipinski definition) is 2. The fourth-order valence-corrected chi connectivity index (χ4v) is 1.96. The molecule has 0 spiro atoms. The normalized spacial score (nSPS) is 12.5. The molecule has 0 aromatic rings. The lowest BCUT2D eigenvalue weighted by Crippen LogP contribution is -2.28. The quantitative estimate of drug-likeness (QED) is 0.633. The van der Waals surface area contributed by atoms with Crippen LogP contribution in [0.25, 0.3) is 0 Å². The van der Waals surface area contributed by atoms with Crippen LogP contribution in [0, 0.1) is 10.8 Å². The molecule has 0 aliphatic heterocycles. The molecule has 0 heterocycles. The molecule has 1 amide bonds. The highest BCUT2D eigenvalue weighted by atomic mass is 16.1. The van der Waals surface area contributed by atoms with Gasteiger partial charge >= 0.3 is 0 Å². The van der Waals surface area contributed by atoms with E-state index in [1.54, 1.807) is 0 Å².